The molecule has 0 bridgehead atoms. The second kappa shape index (κ2) is 5.55. The van der Waals surface area contributed by atoms with Crippen LogP contribution in [0.4, 0.5) is 0 Å². The molecule has 1 unspecified atom stereocenters. The van der Waals surface area contributed by atoms with Crippen LogP contribution in [0.15, 0.2) is 42.5 Å². The van der Waals surface area contributed by atoms with E-state index in [1.54, 1.807) is 0 Å². The molecule has 2 aromatic carbocycles. The third-order valence-electron chi connectivity index (χ3n) is 4.77. The summed E-state index contributed by atoms with van der Waals surface area (Å²) in [5.41, 5.74) is 1.64. The quantitative estimate of drug-likeness (QED) is 0.898. The van der Waals surface area contributed by atoms with Crippen LogP contribution < -0.4 is 5.32 Å². The summed E-state index contributed by atoms with van der Waals surface area (Å²) < 4.78 is 5.64. The Morgan fingerprint density at radius 2 is 1.90 bits per heavy atom. The molecule has 1 atom stereocenters. The normalized spacial score (nSPS) is 18.7. The molecule has 1 saturated heterocycles. The van der Waals surface area contributed by atoms with Gasteiger partial charge in [0.2, 0.25) is 0 Å². The summed E-state index contributed by atoms with van der Waals surface area (Å²) in [6.07, 6.45) is 1.17. The molecule has 2 nitrogen and oxygen atoms in total. The molecule has 2 aromatic rings. The van der Waals surface area contributed by atoms with E-state index in [1.807, 2.05) is 7.05 Å². The van der Waals surface area contributed by atoms with Gasteiger partial charge in [0.1, 0.15) is 0 Å². The Balaban J connectivity index is 2.11. The van der Waals surface area contributed by atoms with Crippen LogP contribution in [0.5, 0.6) is 0 Å². The summed E-state index contributed by atoms with van der Waals surface area (Å²) >= 11 is 0. The first-order chi connectivity index (χ1) is 9.81. The summed E-state index contributed by atoms with van der Waals surface area (Å²) in [7, 11) is 2.04. The number of nitrogens with one attached hydrogen (secondary N) is 1. The molecule has 0 aliphatic carbocycles. The molecule has 1 fully saturated rings. The third kappa shape index (κ3) is 2.04. The molecule has 1 aliphatic rings. The fraction of sp³-hybridized carbons (Fsp3) is 0.444. The first-order valence-corrected chi connectivity index (χ1v) is 7.52. The molecule has 0 amide bonds. The van der Waals surface area contributed by atoms with Gasteiger partial charge in [0, 0.05) is 5.41 Å². The van der Waals surface area contributed by atoms with Crippen molar-refractivity contribution in [1.82, 2.24) is 5.32 Å². The van der Waals surface area contributed by atoms with Crippen LogP contribution in [-0.4, -0.2) is 26.8 Å². The fourth-order valence-electron chi connectivity index (χ4n) is 3.57. The fourth-order valence-corrected chi connectivity index (χ4v) is 3.57. The minimum atomic E-state index is 0.179. The monoisotopic (exact) mass is 269 g/mol. The summed E-state index contributed by atoms with van der Waals surface area (Å²) in [6, 6.07) is 15.4. The molecule has 3 rings (SSSR count). The lowest BCUT2D eigenvalue weighted by Crippen LogP contribution is -2.54. The molecule has 0 spiro atoms. The highest BCUT2D eigenvalue weighted by Gasteiger charge is 2.46. The summed E-state index contributed by atoms with van der Waals surface area (Å²) in [5.74, 6) is 0.618. The first-order valence-electron chi connectivity index (χ1n) is 7.52. The predicted octanol–water partition coefficient (Wildman–Crippen LogP) is 3.35. The van der Waals surface area contributed by atoms with Crippen molar-refractivity contribution in [3.63, 3.8) is 0 Å². The predicted molar refractivity (Wildman–Crippen MR) is 84.2 cm³/mol. The number of hydrogen-bond donors (Lipinski definition) is 1. The Labute approximate surface area is 121 Å². The van der Waals surface area contributed by atoms with Gasteiger partial charge in [0.05, 0.1) is 13.2 Å². The highest BCUT2D eigenvalue weighted by Crippen LogP contribution is 2.43. The Morgan fingerprint density at radius 3 is 2.55 bits per heavy atom. The van der Waals surface area contributed by atoms with Crippen LogP contribution in [0.1, 0.15) is 18.9 Å². The second-order valence-electron chi connectivity index (χ2n) is 5.84. The zero-order valence-electron chi connectivity index (χ0n) is 12.4. The van der Waals surface area contributed by atoms with E-state index in [0.29, 0.717) is 5.92 Å². The van der Waals surface area contributed by atoms with Crippen LogP contribution in [0.25, 0.3) is 10.8 Å². The summed E-state index contributed by atoms with van der Waals surface area (Å²) in [4.78, 5) is 0. The van der Waals surface area contributed by atoms with Gasteiger partial charge < -0.3 is 10.1 Å². The molecule has 106 valence electrons. The van der Waals surface area contributed by atoms with Crippen LogP contribution in [0, 0.1) is 5.92 Å². The smallest absolute Gasteiger partial charge is 0.0589 e. The van der Waals surface area contributed by atoms with Crippen molar-refractivity contribution in [2.45, 2.75) is 18.8 Å². The van der Waals surface area contributed by atoms with Gasteiger partial charge >= 0.3 is 0 Å². The molecule has 1 aliphatic heterocycles. The van der Waals surface area contributed by atoms with Gasteiger partial charge in [-0.25, -0.2) is 0 Å². The molecular weight excluding hydrogens is 246 g/mol. The molecule has 1 N–H and O–H groups in total. The largest absolute Gasteiger partial charge is 0.379 e. The first kappa shape index (κ1) is 13.6. The number of ether oxygens (including phenoxy) is 1. The van der Waals surface area contributed by atoms with E-state index in [4.69, 9.17) is 4.74 Å². The van der Waals surface area contributed by atoms with E-state index in [1.165, 1.54) is 22.8 Å². The lowest BCUT2D eigenvalue weighted by atomic mass is 9.66. The van der Waals surface area contributed by atoms with Crippen molar-refractivity contribution in [3.8, 4) is 0 Å². The van der Waals surface area contributed by atoms with Crippen molar-refractivity contribution in [3.05, 3.63) is 48.0 Å². The van der Waals surface area contributed by atoms with Gasteiger partial charge in [0.15, 0.2) is 0 Å². The molecule has 0 aromatic heterocycles. The van der Waals surface area contributed by atoms with Crippen molar-refractivity contribution in [1.29, 1.82) is 0 Å². The Kier molecular flexibility index (Phi) is 3.77. The van der Waals surface area contributed by atoms with Gasteiger partial charge in [-0.05, 0) is 35.8 Å². The van der Waals surface area contributed by atoms with Gasteiger partial charge in [-0.3, -0.25) is 0 Å². The Hall–Kier alpha value is -1.38. The van der Waals surface area contributed by atoms with E-state index in [2.05, 4.69) is 54.7 Å². The molecule has 2 heteroatoms. The van der Waals surface area contributed by atoms with E-state index < -0.39 is 0 Å². The zero-order valence-corrected chi connectivity index (χ0v) is 12.4. The highest BCUT2D eigenvalue weighted by molar-refractivity contribution is 5.86. The van der Waals surface area contributed by atoms with Gasteiger partial charge in [0.25, 0.3) is 0 Å². The Bertz CT molecular complexity index is 583. The zero-order chi connectivity index (χ0) is 14.0. The van der Waals surface area contributed by atoms with Crippen molar-refractivity contribution in [2.75, 3.05) is 26.8 Å². The third-order valence-corrected chi connectivity index (χ3v) is 4.77. The lowest BCUT2D eigenvalue weighted by molar-refractivity contribution is -0.0902. The van der Waals surface area contributed by atoms with Crippen molar-refractivity contribution in [2.24, 2.45) is 5.92 Å². The van der Waals surface area contributed by atoms with Crippen molar-refractivity contribution < 1.29 is 4.74 Å². The molecule has 0 radical (unpaired) electrons. The van der Waals surface area contributed by atoms with E-state index >= 15 is 0 Å². The van der Waals surface area contributed by atoms with Gasteiger partial charge in [-0.1, -0.05) is 55.8 Å². The summed E-state index contributed by atoms with van der Waals surface area (Å²) in [5, 5.41) is 6.07. The van der Waals surface area contributed by atoms with Crippen LogP contribution in [-0.2, 0) is 10.2 Å². The topological polar surface area (TPSA) is 21.3 Å². The van der Waals surface area contributed by atoms with E-state index in [0.717, 1.165) is 19.8 Å². The molecule has 0 saturated carbocycles. The SMILES string of the molecule is CCC(CNC)C1(c2cccc3ccccc23)COC1. The van der Waals surface area contributed by atoms with Gasteiger partial charge in [-0.2, -0.15) is 0 Å². The number of rotatable bonds is 5. The molecular formula is C18H23NO. The van der Waals surface area contributed by atoms with Crippen LogP contribution >= 0.6 is 0 Å². The number of fused-ring (bicyclic) bond motifs is 1. The maximum absolute atomic E-state index is 5.64. The standard InChI is InChI=1S/C18H23NO/c1-3-15(11-19-2)18(12-20-13-18)17-10-6-8-14-7-4-5-9-16(14)17/h4-10,15,19H,3,11-13H2,1-2H3. The van der Waals surface area contributed by atoms with Crippen molar-refractivity contribution >= 4 is 10.8 Å². The molecule has 20 heavy (non-hydrogen) atoms. The van der Waals surface area contributed by atoms with Crippen LogP contribution in [0.3, 0.4) is 0 Å². The average Bonchev–Trinajstić information content (AvgIpc) is 2.45. The second-order valence-corrected chi connectivity index (χ2v) is 5.84. The van der Waals surface area contributed by atoms with E-state index in [-0.39, 0.29) is 5.41 Å². The minimum Gasteiger partial charge on any atom is -0.379 e. The Morgan fingerprint density at radius 1 is 1.15 bits per heavy atom. The van der Waals surface area contributed by atoms with E-state index in [9.17, 15) is 0 Å². The average molecular weight is 269 g/mol. The summed E-state index contributed by atoms with van der Waals surface area (Å²) in [6.45, 7) is 5.03. The molecule has 1 heterocycles. The highest BCUT2D eigenvalue weighted by atomic mass is 16.5. The lowest BCUT2D eigenvalue weighted by Gasteiger charge is -2.48. The maximum atomic E-state index is 5.64. The number of benzene rings is 2. The van der Waals surface area contributed by atoms with Crippen LogP contribution in [0.2, 0.25) is 0 Å². The minimum absolute atomic E-state index is 0.179. The maximum Gasteiger partial charge on any atom is 0.0589 e. The number of hydrogen-bond acceptors (Lipinski definition) is 2. The van der Waals surface area contributed by atoms with Gasteiger partial charge in [-0.15, -0.1) is 0 Å².